The van der Waals surface area contributed by atoms with E-state index >= 15 is 0 Å². The third-order valence-electron chi connectivity index (χ3n) is 4.53. The maximum Gasteiger partial charge on any atom is 0.191 e. The van der Waals surface area contributed by atoms with Gasteiger partial charge in [0, 0.05) is 31.1 Å². The normalized spacial score (nSPS) is 17.4. The zero-order chi connectivity index (χ0) is 19.4. The average Bonchev–Trinajstić information content (AvgIpc) is 2.65. The van der Waals surface area contributed by atoms with Crippen molar-refractivity contribution in [3.63, 3.8) is 0 Å². The number of nitrogens with one attached hydrogen (secondary N) is 2. The summed E-state index contributed by atoms with van der Waals surface area (Å²) in [7, 11) is 1.67. The Kier molecular flexibility index (Phi) is 7.24. The zero-order valence-electron chi connectivity index (χ0n) is 16.1. The number of para-hydroxylation sites is 1. The van der Waals surface area contributed by atoms with Crippen LogP contribution in [0.2, 0.25) is 0 Å². The molecule has 0 aromatic heterocycles. The molecule has 148 valence electrons. The van der Waals surface area contributed by atoms with E-state index in [2.05, 4.69) is 29.5 Å². The van der Waals surface area contributed by atoms with Crippen molar-refractivity contribution >= 4 is 29.9 Å². The predicted molar refractivity (Wildman–Crippen MR) is 118 cm³/mol. The molecule has 1 heterocycles. The quantitative estimate of drug-likeness (QED) is 0.380. The van der Waals surface area contributed by atoms with Crippen LogP contribution in [0.4, 0.5) is 4.39 Å². The number of rotatable bonds is 3. The zero-order valence-corrected chi connectivity index (χ0v) is 18.5. The summed E-state index contributed by atoms with van der Waals surface area (Å²) in [6.07, 6.45) is 0.767. The molecular weight excluding hydrogens is 470 g/mol. The van der Waals surface area contributed by atoms with Gasteiger partial charge in [0.2, 0.25) is 0 Å². The minimum absolute atomic E-state index is 0. The number of guanidine groups is 1. The Morgan fingerprint density at radius 1 is 1.32 bits per heavy atom. The van der Waals surface area contributed by atoms with Crippen LogP contribution in [0, 0.1) is 17.1 Å². The van der Waals surface area contributed by atoms with E-state index < -0.39 is 0 Å². The second-order valence-corrected chi connectivity index (χ2v) is 7.14. The molecule has 2 aromatic carbocycles. The number of fused-ring (bicyclic) bond motifs is 1. The van der Waals surface area contributed by atoms with Gasteiger partial charge in [0.05, 0.1) is 17.7 Å². The topological polar surface area (TPSA) is 69.4 Å². The van der Waals surface area contributed by atoms with Crippen LogP contribution in [-0.4, -0.2) is 18.6 Å². The number of ether oxygens (including phenoxy) is 1. The number of hydrogen-bond donors (Lipinski definition) is 2. The Morgan fingerprint density at radius 2 is 2.07 bits per heavy atom. The highest BCUT2D eigenvalue weighted by Gasteiger charge is 2.33. The van der Waals surface area contributed by atoms with Crippen LogP contribution in [-0.2, 0) is 6.54 Å². The molecule has 1 atom stereocenters. The van der Waals surface area contributed by atoms with Crippen LogP contribution in [0.25, 0.3) is 0 Å². The Labute approximate surface area is 182 Å². The van der Waals surface area contributed by atoms with Crippen molar-refractivity contribution in [2.24, 2.45) is 4.99 Å². The smallest absolute Gasteiger partial charge is 0.191 e. The van der Waals surface area contributed by atoms with Gasteiger partial charge >= 0.3 is 0 Å². The summed E-state index contributed by atoms with van der Waals surface area (Å²) < 4.78 is 20.0. The number of halogens is 2. The maximum atomic E-state index is 14.0. The van der Waals surface area contributed by atoms with E-state index in [4.69, 9.17) is 10.00 Å². The van der Waals surface area contributed by atoms with Gasteiger partial charge in [0.15, 0.2) is 5.96 Å². The fourth-order valence-corrected chi connectivity index (χ4v) is 3.25. The first-order valence-electron chi connectivity index (χ1n) is 8.85. The monoisotopic (exact) mass is 494 g/mol. The third-order valence-corrected chi connectivity index (χ3v) is 4.53. The highest BCUT2D eigenvalue weighted by atomic mass is 127. The van der Waals surface area contributed by atoms with E-state index in [1.165, 1.54) is 12.1 Å². The van der Waals surface area contributed by atoms with E-state index in [-0.39, 0.29) is 48.0 Å². The lowest BCUT2D eigenvalue weighted by Crippen LogP contribution is -2.45. The molecule has 2 aromatic rings. The summed E-state index contributed by atoms with van der Waals surface area (Å²) in [5.74, 6) is 1.07. The van der Waals surface area contributed by atoms with Gasteiger partial charge in [-0.1, -0.05) is 18.2 Å². The second-order valence-electron chi connectivity index (χ2n) is 7.14. The van der Waals surface area contributed by atoms with Crippen LogP contribution in [0.5, 0.6) is 5.75 Å². The Morgan fingerprint density at radius 3 is 2.79 bits per heavy atom. The summed E-state index contributed by atoms with van der Waals surface area (Å²) in [5, 5.41) is 15.5. The molecule has 0 spiro atoms. The van der Waals surface area contributed by atoms with Crippen LogP contribution in [0.15, 0.2) is 47.5 Å². The van der Waals surface area contributed by atoms with E-state index in [0.717, 1.165) is 17.7 Å². The molecule has 5 nitrogen and oxygen atoms in total. The largest absolute Gasteiger partial charge is 0.487 e. The predicted octanol–water partition coefficient (Wildman–Crippen LogP) is 4.28. The van der Waals surface area contributed by atoms with Crippen molar-refractivity contribution in [2.75, 3.05) is 7.05 Å². The van der Waals surface area contributed by atoms with Crippen LogP contribution < -0.4 is 15.4 Å². The molecule has 1 aliphatic heterocycles. The van der Waals surface area contributed by atoms with Gasteiger partial charge in [0.25, 0.3) is 0 Å². The molecule has 3 rings (SSSR count). The summed E-state index contributed by atoms with van der Waals surface area (Å²) in [6.45, 7) is 4.34. The lowest BCUT2D eigenvalue weighted by atomic mass is 9.90. The van der Waals surface area contributed by atoms with Gasteiger partial charge in [-0.05, 0) is 38.1 Å². The van der Waals surface area contributed by atoms with E-state index in [1.807, 2.05) is 30.3 Å². The molecule has 28 heavy (non-hydrogen) atoms. The molecule has 0 bridgehead atoms. The van der Waals surface area contributed by atoms with Gasteiger partial charge in [-0.15, -0.1) is 24.0 Å². The number of benzene rings is 2. The maximum absolute atomic E-state index is 14.0. The van der Waals surface area contributed by atoms with Gasteiger partial charge in [-0.3, -0.25) is 4.99 Å². The molecule has 0 saturated heterocycles. The molecular formula is C21H24FIN4O. The van der Waals surface area contributed by atoms with Crippen molar-refractivity contribution in [3.05, 3.63) is 65.0 Å². The molecule has 1 aliphatic rings. The van der Waals surface area contributed by atoms with Crippen LogP contribution in [0.3, 0.4) is 0 Å². The number of nitriles is 1. The molecule has 0 radical (unpaired) electrons. The first-order chi connectivity index (χ1) is 12.9. The Balaban J connectivity index is 0.00000280. The minimum atomic E-state index is -0.352. The summed E-state index contributed by atoms with van der Waals surface area (Å²) in [5.41, 5.74) is 1.61. The fourth-order valence-electron chi connectivity index (χ4n) is 3.25. The Bertz CT molecular complexity index is 908. The van der Waals surface area contributed by atoms with E-state index in [0.29, 0.717) is 17.1 Å². The summed E-state index contributed by atoms with van der Waals surface area (Å²) in [6, 6.07) is 14.3. The van der Waals surface area contributed by atoms with Crippen molar-refractivity contribution in [3.8, 4) is 11.8 Å². The number of hydrogen-bond acceptors (Lipinski definition) is 3. The van der Waals surface area contributed by atoms with Crippen molar-refractivity contribution in [2.45, 2.75) is 38.5 Å². The molecule has 7 heteroatoms. The summed E-state index contributed by atoms with van der Waals surface area (Å²) in [4.78, 5) is 4.26. The van der Waals surface area contributed by atoms with Crippen molar-refractivity contribution < 1.29 is 9.13 Å². The van der Waals surface area contributed by atoms with E-state index in [9.17, 15) is 4.39 Å². The number of aliphatic imine (C=N–C) groups is 1. The van der Waals surface area contributed by atoms with E-state index in [1.54, 1.807) is 13.1 Å². The highest BCUT2D eigenvalue weighted by molar-refractivity contribution is 14.0. The SMILES string of the molecule is CN=C(NCc1cc(C#N)ccc1F)NC1CC(C)(C)Oc2ccccc21.I. The van der Waals surface area contributed by atoms with Gasteiger partial charge in [-0.2, -0.15) is 5.26 Å². The standard InChI is InChI=1S/C21H23FN4O.HI/c1-21(2)11-18(16-6-4-5-7-19(16)27-21)26-20(24-3)25-13-15-10-14(12-23)8-9-17(15)22;/h4-10,18H,11,13H2,1-3H3,(H2,24,25,26);1H. The molecule has 0 aliphatic carbocycles. The minimum Gasteiger partial charge on any atom is -0.487 e. The lowest BCUT2D eigenvalue weighted by Gasteiger charge is -2.38. The molecule has 2 N–H and O–H groups in total. The molecule has 0 saturated carbocycles. The van der Waals surface area contributed by atoms with Crippen LogP contribution >= 0.6 is 24.0 Å². The average molecular weight is 494 g/mol. The fraction of sp³-hybridized carbons (Fsp3) is 0.333. The lowest BCUT2D eigenvalue weighted by molar-refractivity contribution is 0.0694. The third kappa shape index (κ3) is 5.13. The second kappa shape index (κ2) is 9.24. The van der Waals surface area contributed by atoms with Gasteiger partial charge in [0.1, 0.15) is 17.2 Å². The van der Waals surface area contributed by atoms with Gasteiger partial charge in [-0.25, -0.2) is 4.39 Å². The molecule has 0 fully saturated rings. The van der Waals surface area contributed by atoms with Gasteiger partial charge < -0.3 is 15.4 Å². The summed E-state index contributed by atoms with van der Waals surface area (Å²) >= 11 is 0. The first kappa shape index (κ1) is 22.0. The van der Waals surface area contributed by atoms with Crippen molar-refractivity contribution in [1.29, 1.82) is 5.26 Å². The highest BCUT2D eigenvalue weighted by Crippen LogP contribution is 2.39. The molecule has 1 unspecified atom stereocenters. The van der Waals surface area contributed by atoms with Crippen molar-refractivity contribution in [1.82, 2.24) is 10.6 Å². The van der Waals surface area contributed by atoms with Crippen LogP contribution in [0.1, 0.15) is 43.0 Å². The molecule has 0 amide bonds. The first-order valence-corrected chi connectivity index (χ1v) is 8.85. The number of nitrogens with zero attached hydrogens (tertiary/aromatic N) is 2. The Hall–Kier alpha value is -2.34.